The molecular formula is C12H13FO4. The molecule has 1 aromatic carbocycles. The third kappa shape index (κ3) is 2.33. The van der Waals surface area contributed by atoms with Gasteiger partial charge < -0.3 is 14.6 Å². The zero-order chi connectivity index (χ0) is 12.4. The highest BCUT2D eigenvalue weighted by molar-refractivity contribution is 5.75. The van der Waals surface area contributed by atoms with E-state index in [-0.39, 0.29) is 0 Å². The number of aryl methyl sites for hydroxylation is 1. The summed E-state index contributed by atoms with van der Waals surface area (Å²) in [4.78, 5) is 11.5. The molecule has 0 saturated heterocycles. The quantitative estimate of drug-likeness (QED) is 0.801. The fourth-order valence-electron chi connectivity index (χ4n) is 1.79. The number of aromatic hydroxyl groups is 1. The van der Waals surface area contributed by atoms with E-state index in [1.165, 1.54) is 12.1 Å². The Bertz CT molecular complexity index is 444. The Hall–Kier alpha value is -1.78. The van der Waals surface area contributed by atoms with Crippen molar-refractivity contribution in [2.75, 3.05) is 6.61 Å². The van der Waals surface area contributed by atoms with E-state index in [2.05, 4.69) is 0 Å². The summed E-state index contributed by atoms with van der Waals surface area (Å²) in [7, 11) is 0. The second kappa shape index (κ2) is 4.61. The number of ether oxygens (including phenoxy) is 2. The smallest absolute Gasteiger partial charge is 0.347 e. The van der Waals surface area contributed by atoms with E-state index in [9.17, 15) is 14.3 Å². The average molecular weight is 240 g/mol. The van der Waals surface area contributed by atoms with Crippen molar-refractivity contribution in [1.82, 2.24) is 0 Å². The average Bonchev–Trinajstić information content (AvgIpc) is 2.30. The van der Waals surface area contributed by atoms with E-state index in [1.807, 2.05) is 0 Å². The molecule has 0 bridgehead atoms. The van der Waals surface area contributed by atoms with Gasteiger partial charge >= 0.3 is 5.97 Å². The van der Waals surface area contributed by atoms with Gasteiger partial charge in [0.25, 0.3) is 0 Å². The normalized spacial score (nSPS) is 18.1. The molecule has 4 nitrogen and oxygen atoms in total. The fraction of sp³-hybridized carbons (Fsp3) is 0.417. The summed E-state index contributed by atoms with van der Waals surface area (Å²) in [6.07, 6.45) is 0.304. The first-order valence-corrected chi connectivity index (χ1v) is 5.46. The number of fused-ring (bicyclic) bond motifs is 1. The van der Waals surface area contributed by atoms with Crippen LogP contribution >= 0.6 is 0 Å². The second-order valence-electron chi connectivity index (χ2n) is 3.81. The van der Waals surface area contributed by atoms with Crippen LogP contribution in [0, 0.1) is 5.82 Å². The van der Waals surface area contributed by atoms with Crippen LogP contribution in [-0.4, -0.2) is 23.8 Å². The largest absolute Gasteiger partial charge is 0.505 e. The van der Waals surface area contributed by atoms with Crippen molar-refractivity contribution in [2.24, 2.45) is 0 Å². The van der Waals surface area contributed by atoms with Gasteiger partial charge in [-0.2, -0.15) is 0 Å². The van der Waals surface area contributed by atoms with Crippen LogP contribution in [0.5, 0.6) is 11.5 Å². The lowest BCUT2D eigenvalue weighted by atomic mass is 10.0. The molecule has 1 aliphatic rings. The van der Waals surface area contributed by atoms with Gasteiger partial charge in [0, 0.05) is 6.07 Å². The molecule has 1 unspecified atom stereocenters. The molecule has 1 atom stereocenters. The lowest BCUT2D eigenvalue weighted by molar-refractivity contribution is -0.152. The van der Waals surface area contributed by atoms with E-state index in [4.69, 9.17) is 9.47 Å². The van der Waals surface area contributed by atoms with Crippen LogP contribution in [0.4, 0.5) is 4.39 Å². The number of phenols is 1. The van der Waals surface area contributed by atoms with Crippen LogP contribution < -0.4 is 4.74 Å². The monoisotopic (exact) mass is 240 g/mol. The number of carbonyl (C=O) groups is 1. The molecule has 1 aromatic rings. The Labute approximate surface area is 98.0 Å². The van der Waals surface area contributed by atoms with E-state index in [0.717, 1.165) is 0 Å². The molecule has 5 heteroatoms. The third-order valence-corrected chi connectivity index (χ3v) is 2.62. The molecule has 0 fully saturated rings. The maximum atomic E-state index is 13.1. The fourth-order valence-corrected chi connectivity index (χ4v) is 1.79. The zero-order valence-electron chi connectivity index (χ0n) is 9.40. The number of hydrogen-bond donors (Lipinski definition) is 1. The Morgan fingerprint density at radius 1 is 1.65 bits per heavy atom. The van der Waals surface area contributed by atoms with Gasteiger partial charge in [-0.1, -0.05) is 0 Å². The van der Waals surface area contributed by atoms with Crippen molar-refractivity contribution in [1.29, 1.82) is 0 Å². The van der Waals surface area contributed by atoms with Gasteiger partial charge in [-0.15, -0.1) is 0 Å². The first kappa shape index (κ1) is 11.7. The van der Waals surface area contributed by atoms with Crippen LogP contribution in [0.1, 0.15) is 18.9 Å². The molecule has 17 heavy (non-hydrogen) atoms. The lowest BCUT2D eigenvalue weighted by Crippen LogP contribution is -2.32. The summed E-state index contributed by atoms with van der Waals surface area (Å²) in [6, 6.07) is 2.42. The molecule has 0 aliphatic carbocycles. The Morgan fingerprint density at radius 3 is 3.12 bits per heavy atom. The molecule has 2 rings (SSSR count). The topological polar surface area (TPSA) is 55.8 Å². The maximum Gasteiger partial charge on any atom is 0.347 e. The summed E-state index contributed by atoms with van der Waals surface area (Å²) in [5.74, 6) is -1.25. The molecule has 0 amide bonds. The van der Waals surface area contributed by atoms with E-state index >= 15 is 0 Å². The molecule has 0 saturated carbocycles. The van der Waals surface area contributed by atoms with Crippen LogP contribution in [0.3, 0.4) is 0 Å². The van der Waals surface area contributed by atoms with Gasteiger partial charge in [0.05, 0.1) is 6.61 Å². The first-order chi connectivity index (χ1) is 8.11. The first-order valence-electron chi connectivity index (χ1n) is 5.46. The predicted molar refractivity (Wildman–Crippen MR) is 57.4 cm³/mol. The second-order valence-corrected chi connectivity index (χ2v) is 3.81. The Kier molecular flexibility index (Phi) is 3.17. The van der Waals surface area contributed by atoms with Crippen molar-refractivity contribution in [3.05, 3.63) is 23.5 Å². The summed E-state index contributed by atoms with van der Waals surface area (Å²) >= 11 is 0. The van der Waals surface area contributed by atoms with Crippen molar-refractivity contribution < 1.29 is 23.8 Å². The number of esters is 1. The van der Waals surface area contributed by atoms with Crippen molar-refractivity contribution in [2.45, 2.75) is 25.9 Å². The van der Waals surface area contributed by atoms with Gasteiger partial charge in [-0.25, -0.2) is 9.18 Å². The summed E-state index contributed by atoms with van der Waals surface area (Å²) in [5.41, 5.74) is 0.654. The zero-order valence-corrected chi connectivity index (χ0v) is 9.40. The van der Waals surface area contributed by atoms with Gasteiger partial charge in [-0.05, 0) is 31.4 Å². The molecular weight excluding hydrogens is 227 g/mol. The van der Waals surface area contributed by atoms with Crippen molar-refractivity contribution >= 4 is 5.97 Å². The van der Waals surface area contributed by atoms with E-state index in [1.54, 1.807) is 6.92 Å². The van der Waals surface area contributed by atoms with Crippen LogP contribution in [0.15, 0.2) is 12.1 Å². The molecule has 1 aliphatic heterocycles. The molecule has 0 spiro atoms. The van der Waals surface area contributed by atoms with E-state index in [0.29, 0.717) is 30.8 Å². The van der Waals surface area contributed by atoms with Crippen LogP contribution in [-0.2, 0) is 16.0 Å². The molecule has 0 radical (unpaired) electrons. The highest BCUT2D eigenvalue weighted by atomic mass is 19.1. The minimum Gasteiger partial charge on any atom is -0.505 e. The predicted octanol–water partition coefficient (Wildman–Crippen LogP) is 1.79. The standard InChI is InChI=1S/C12H13FO4/c1-2-16-12(15)10-4-3-7-5-8(13)9(14)6-11(7)17-10/h5-6,10,14H,2-4H2,1H3. The summed E-state index contributed by atoms with van der Waals surface area (Å²) in [5, 5.41) is 9.23. The highest BCUT2D eigenvalue weighted by Crippen LogP contribution is 2.33. The summed E-state index contributed by atoms with van der Waals surface area (Å²) in [6.45, 7) is 2.01. The summed E-state index contributed by atoms with van der Waals surface area (Å²) < 4.78 is 23.3. The van der Waals surface area contributed by atoms with Crippen LogP contribution in [0.2, 0.25) is 0 Å². The molecule has 0 aromatic heterocycles. The number of phenolic OH excluding ortho intramolecular Hbond substituents is 1. The Morgan fingerprint density at radius 2 is 2.41 bits per heavy atom. The minimum absolute atomic E-state index is 0.292. The van der Waals surface area contributed by atoms with Crippen LogP contribution in [0.25, 0.3) is 0 Å². The molecule has 92 valence electrons. The molecule has 1 heterocycles. The highest BCUT2D eigenvalue weighted by Gasteiger charge is 2.28. The molecule has 1 N–H and O–H groups in total. The van der Waals surface area contributed by atoms with Gasteiger partial charge in [0.15, 0.2) is 17.7 Å². The van der Waals surface area contributed by atoms with E-state index < -0.39 is 23.6 Å². The van der Waals surface area contributed by atoms with Gasteiger partial charge in [-0.3, -0.25) is 0 Å². The van der Waals surface area contributed by atoms with Gasteiger partial charge in [0.2, 0.25) is 0 Å². The SMILES string of the molecule is CCOC(=O)C1CCc2cc(F)c(O)cc2O1. The minimum atomic E-state index is -0.679. The Balaban J connectivity index is 2.18. The number of hydrogen-bond acceptors (Lipinski definition) is 4. The van der Waals surface area contributed by atoms with Gasteiger partial charge in [0.1, 0.15) is 5.75 Å². The van der Waals surface area contributed by atoms with Crippen molar-refractivity contribution in [3.8, 4) is 11.5 Å². The van der Waals surface area contributed by atoms with Crippen molar-refractivity contribution in [3.63, 3.8) is 0 Å². The maximum absolute atomic E-state index is 13.1. The third-order valence-electron chi connectivity index (χ3n) is 2.62. The lowest BCUT2D eigenvalue weighted by Gasteiger charge is -2.24. The number of carbonyl (C=O) groups excluding carboxylic acids is 1. The number of halogens is 1. The number of rotatable bonds is 2. The number of benzene rings is 1.